The molecule has 0 saturated carbocycles. The molecule has 36 heavy (non-hydrogen) atoms. The number of hydrogen-bond donors (Lipinski definition) is 3. The molecule has 2 aliphatic rings. The number of aliphatic imine (C=N–C) groups is 1. The van der Waals surface area contributed by atoms with Gasteiger partial charge in [-0.25, -0.2) is 4.99 Å². The standard InChI is InChI=1S/C28H31N7O/c1-34-14-16-35(17-15-34)20-21-7-9-22(10-8-21)27(36)31-24-5-2-6-25(18-24)32-28-30-13-11-26(33-28)23-4-3-12-29-19-23/h2-13,18-19,26H,14-17,20H2,1H3,(H,31,36)(H2,30,32,33). The van der Waals surface area contributed by atoms with Gasteiger partial charge in [-0.05, 0) is 60.6 Å². The van der Waals surface area contributed by atoms with Crippen molar-refractivity contribution >= 4 is 23.2 Å². The second-order valence-corrected chi connectivity index (χ2v) is 9.15. The van der Waals surface area contributed by atoms with Crippen LogP contribution in [0.15, 0.2) is 90.3 Å². The number of carbonyl (C=O) groups excluding carboxylic acids is 1. The Kier molecular flexibility index (Phi) is 7.35. The molecule has 0 bridgehead atoms. The van der Waals surface area contributed by atoms with Crippen molar-refractivity contribution in [3.05, 3.63) is 102 Å². The Morgan fingerprint density at radius 1 is 1.03 bits per heavy atom. The van der Waals surface area contributed by atoms with Crippen LogP contribution in [0.25, 0.3) is 0 Å². The second kappa shape index (κ2) is 11.2. The Morgan fingerprint density at radius 3 is 2.61 bits per heavy atom. The van der Waals surface area contributed by atoms with E-state index in [0.29, 0.717) is 17.2 Å². The fourth-order valence-corrected chi connectivity index (χ4v) is 4.28. The van der Waals surface area contributed by atoms with Crippen LogP contribution in [0, 0.1) is 0 Å². The molecule has 2 aromatic carbocycles. The molecule has 3 heterocycles. The number of nitrogens with one attached hydrogen (secondary N) is 3. The van der Waals surface area contributed by atoms with Crippen LogP contribution < -0.4 is 16.0 Å². The molecule has 1 amide bonds. The molecule has 3 aromatic rings. The summed E-state index contributed by atoms with van der Waals surface area (Å²) in [5.74, 6) is 0.497. The minimum Gasteiger partial charge on any atom is -0.333 e. The number of benzene rings is 2. The average molecular weight is 482 g/mol. The lowest BCUT2D eigenvalue weighted by Crippen LogP contribution is -2.43. The number of carbonyl (C=O) groups is 1. The molecule has 3 N–H and O–H groups in total. The number of hydrogen-bond acceptors (Lipinski definition) is 7. The van der Waals surface area contributed by atoms with E-state index in [2.05, 4.69) is 37.8 Å². The highest BCUT2D eigenvalue weighted by Crippen LogP contribution is 2.21. The third kappa shape index (κ3) is 6.16. The van der Waals surface area contributed by atoms with Gasteiger partial charge in [0.05, 0.1) is 0 Å². The maximum absolute atomic E-state index is 12.9. The first-order chi connectivity index (χ1) is 17.6. The van der Waals surface area contributed by atoms with Crippen molar-refractivity contribution in [1.29, 1.82) is 0 Å². The van der Waals surface area contributed by atoms with Gasteiger partial charge >= 0.3 is 0 Å². The Bertz CT molecular complexity index is 1230. The van der Waals surface area contributed by atoms with E-state index in [1.54, 1.807) is 6.20 Å². The number of pyridine rings is 1. The molecular weight excluding hydrogens is 450 g/mol. The van der Waals surface area contributed by atoms with Crippen LogP contribution in [0.2, 0.25) is 0 Å². The largest absolute Gasteiger partial charge is 0.333 e. The fraction of sp³-hybridized carbons (Fsp3) is 0.250. The predicted molar refractivity (Wildman–Crippen MR) is 144 cm³/mol. The summed E-state index contributed by atoms with van der Waals surface area (Å²) in [7, 11) is 2.16. The lowest BCUT2D eigenvalue weighted by atomic mass is 10.1. The summed E-state index contributed by atoms with van der Waals surface area (Å²) in [6.45, 7) is 5.26. The maximum atomic E-state index is 12.9. The van der Waals surface area contributed by atoms with Crippen molar-refractivity contribution in [2.75, 3.05) is 43.9 Å². The van der Waals surface area contributed by atoms with Crippen molar-refractivity contribution in [1.82, 2.24) is 20.1 Å². The van der Waals surface area contributed by atoms with E-state index in [4.69, 9.17) is 4.99 Å². The van der Waals surface area contributed by atoms with Crippen molar-refractivity contribution in [2.24, 2.45) is 4.99 Å². The fourth-order valence-electron chi connectivity index (χ4n) is 4.28. The predicted octanol–water partition coefficient (Wildman–Crippen LogP) is 3.71. The van der Waals surface area contributed by atoms with Crippen molar-refractivity contribution in [3.8, 4) is 0 Å². The summed E-state index contributed by atoms with van der Waals surface area (Å²) >= 11 is 0. The summed E-state index contributed by atoms with van der Waals surface area (Å²) in [6, 6.07) is 19.3. The summed E-state index contributed by atoms with van der Waals surface area (Å²) in [6.07, 6.45) is 7.41. The van der Waals surface area contributed by atoms with E-state index in [9.17, 15) is 4.79 Å². The van der Waals surface area contributed by atoms with Gasteiger partial charge in [-0.1, -0.05) is 24.3 Å². The van der Waals surface area contributed by atoms with Gasteiger partial charge in [-0.15, -0.1) is 0 Å². The smallest absolute Gasteiger partial charge is 0.255 e. The lowest BCUT2D eigenvalue weighted by Gasteiger charge is -2.32. The number of anilines is 2. The van der Waals surface area contributed by atoms with E-state index in [1.165, 1.54) is 5.56 Å². The Morgan fingerprint density at radius 2 is 1.83 bits per heavy atom. The van der Waals surface area contributed by atoms with E-state index in [1.807, 2.05) is 79.1 Å². The number of amides is 1. The molecule has 1 saturated heterocycles. The Labute approximate surface area is 211 Å². The third-order valence-electron chi connectivity index (χ3n) is 6.39. The quantitative estimate of drug-likeness (QED) is 0.498. The first-order valence-corrected chi connectivity index (χ1v) is 12.2. The second-order valence-electron chi connectivity index (χ2n) is 9.15. The van der Waals surface area contributed by atoms with Gasteiger partial charge in [-0.2, -0.15) is 0 Å². The maximum Gasteiger partial charge on any atom is 0.255 e. The molecule has 1 aromatic heterocycles. The zero-order chi connectivity index (χ0) is 24.7. The molecule has 0 aliphatic carbocycles. The van der Waals surface area contributed by atoms with Crippen LogP contribution in [0.3, 0.4) is 0 Å². The molecule has 1 atom stereocenters. The van der Waals surface area contributed by atoms with Crippen molar-refractivity contribution in [2.45, 2.75) is 12.6 Å². The third-order valence-corrected chi connectivity index (χ3v) is 6.39. The first kappa shape index (κ1) is 23.7. The zero-order valence-corrected chi connectivity index (χ0v) is 20.4. The number of likely N-dealkylation sites (N-methyl/N-ethyl adjacent to an activating group) is 1. The molecule has 1 unspecified atom stereocenters. The van der Waals surface area contributed by atoms with Crippen LogP contribution in [-0.4, -0.2) is 59.9 Å². The van der Waals surface area contributed by atoms with Crippen LogP contribution >= 0.6 is 0 Å². The van der Waals surface area contributed by atoms with Crippen LogP contribution in [0.4, 0.5) is 11.4 Å². The van der Waals surface area contributed by atoms with Gasteiger partial charge in [0.1, 0.15) is 6.04 Å². The Balaban J connectivity index is 1.18. The molecule has 0 spiro atoms. The van der Waals surface area contributed by atoms with Gasteiger partial charge in [0.15, 0.2) is 0 Å². The lowest BCUT2D eigenvalue weighted by molar-refractivity contribution is 0.102. The van der Waals surface area contributed by atoms with E-state index in [-0.39, 0.29) is 11.9 Å². The monoisotopic (exact) mass is 481 g/mol. The number of aromatic nitrogens is 1. The van der Waals surface area contributed by atoms with Gasteiger partial charge in [-0.3, -0.25) is 14.7 Å². The SMILES string of the molecule is CN1CCN(Cc2ccc(C(=O)Nc3cccc(NC4=NC(c5cccnc5)C=CN4)c3)cc2)CC1. The van der Waals surface area contributed by atoms with Gasteiger partial charge in [0.25, 0.3) is 5.91 Å². The van der Waals surface area contributed by atoms with Gasteiger partial charge < -0.3 is 20.9 Å². The summed E-state index contributed by atoms with van der Waals surface area (Å²) < 4.78 is 0. The normalized spacial score (nSPS) is 18.2. The van der Waals surface area contributed by atoms with Crippen molar-refractivity contribution < 1.29 is 4.79 Å². The molecule has 8 nitrogen and oxygen atoms in total. The van der Waals surface area contributed by atoms with Gasteiger partial charge in [0.2, 0.25) is 5.96 Å². The van der Waals surface area contributed by atoms with Gasteiger partial charge in [0, 0.05) is 68.3 Å². The van der Waals surface area contributed by atoms with Crippen LogP contribution in [0.5, 0.6) is 0 Å². The number of nitrogens with zero attached hydrogens (tertiary/aromatic N) is 4. The van der Waals surface area contributed by atoms with Crippen molar-refractivity contribution in [3.63, 3.8) is 0 Å². The summed E-state index contributed by atoms with van der Waals surface area (Å²) in [4.78, 5) is 26.5. The average Bonchev–Trinajstić information content (AvgIpc) is 2.91. The first-order valence-electron chi connectivity index (χ1n) is 12.2. The van der Waals surface area contributed by atoms with E-state index < -0.39 is 0 Å². The molecule has 2 aliphatic heterocycles. The minimum absolute atomic E-state index is 0.107. The highest BCUT2D eigenvalue weighted by Gasteiger charge is 2.15. The summed E-state index contributed by atoms with van der Waals surface area (Å²) in [5.41, 5.74) is 4.41. The molecule has 0 radical (unpaired) electrons. The van der Waals surface area contributed by atoms with E-state index >= 15 is 0 Å². The van der Waals surface area contributed by atoms with Crippen LogP contribution in [-0.2, 0) is 6.54 Å². The topological polar surface area (TPSA) is 84.9 Å². The highest BCUT2D eigenvalue weighted by atomic mass is 16.1. The summed E-state index contributed by atoms with van der Waals surface area (Å²) in [5, 5.41) is 9.42. The molecule has 8 heteroatoms. The zero-order valence-electron chi connectivity index (χ0n) is 20.4. The van der Waals surface area contributed by atoms with E-state index in [0.717, 1.165) is 44.0 Å². The molecule has 184 valence electrons. The number of guanidine groups is 1. The molecule has 1 fully saturated rings. The molecular formula is C28H31N7O. The highest BCUT2D eigenvalue weighted by molar-refractivity contribution is 6.04. The minimum atomic E-state index is -0.133. The number of rotatable bonds is 6. The molecule has 5 rings (SSSR count). The Hall–Kier alpha value is -4.01. The number of piperazine rings is 1. The van der Waals surface area contributed by atoms with Crippen LogP contribution in [0.1, 0.15) is 27.5 Å².